The van der Waals surface area contributed by atoms with Crippen LogP contribution in [0.4, 0.5) is 0 Å². The van der Waals surface area contributed by atoms with E-state index in [0.29, 0.717) is 13.0 Å². The first-order valence-electron chi connectivity index (χ1n) is 3.10. The minimum absolute atomic E-state index is 0. The molecule has 3 nitrogen and oxygen atoms in total. The van der Waals surface area contributed by atoms with Gasteiger partial charge in [0.05, 0.1) is 12.0 Å². The molecular formula is C6H11LiO3. The minimum atomic E-state index is -0.728. The molecule has 2 atom stereocenters. The summed E-state index contributed by atoms with van der Waals surface area (Å²) in [5.41, 5.74) is 0. The summed E-state index contributed by atoms with van der Waals surface area (Å²) in [4.78, 5) is 10.2. The Kier molecular flexibility index (Phi) is 4.03. The monoisotopic (exact) mass is 138 g/mol. The molecule has 0 aliphatic heterocycles. The van der Waals surface area contributed by atoms with Crippen molar-refractivity contribution in [2.75, 3.05) is 6.61 Å². The summed E-state index contributed by atoms with van der Waals surface area (Å²) in [5.74, 6) is -0.946. The summed E-state index contributed by atoms with van der Waals surface area (Å²) in [5, 5.41) is 8.37. The number of hydrogen-bond donors (Lipinski definition) is 1. The summed E-state index contributed by atoms with van der Waals surface area (Å²) in [6.07, 6.45) is 0.705. The Labute approximate surface area is 71.9 Å². The Morgan fingerprint density at radius 3 is 2.70 bits per heavy atom. The Morgan fingerprint density at radius 2 is 2.40 bits per heavy atom. The Balaban J connectivity index is 0.000000810. The molecule has 0 aromatic rings. The standard InChI is InChI=1S/C6H10O3.Li.H/c1-2-9-5-3-4(5)6(7)8;;/h4-5H,2-3H2,1H3,(H,7,8);;. The molecule has 1 saturated carbocycles. The van der Waals surface area contributed by atoms with Crippen molar-refractivity contribution in [2.45, 2.75) is 19.4 Å². The summed E-state index contributed by atoms with van der Waals surface area (Å²) >= 11 is 0. The van der Waals surface area contributed by atoms with Gasteiger partial charge in [0.2, 0.25) is 0 Å². The fraction of sp³-hybridized carbons (Fsp3) is 0.833. The molecule has 0 bridgehead atoms. The third kappa shape index (κ3) is 2.34. The van der Waals surface area contributed by atoms with E-state index in [4.69, 9.17) is 9.84 Å². The second-order valence-corrected chi connectivity index (χ2v) is 2.17. The van der Waals surface area contributed by atoms with Gasteiger partial charge in [-0.1, -0.05) is 0 Å². The average Bonchev–Trinajstić information content (AvgIpc) is 2.47. The quantitative estimate of drug-likeness (QED) is 0.551. The van der Waals surface area contributed by atoms with E-state index in [9.17, 15) is 4.79 Å². The van der Waals surface area contributed by atoms with Gasteiger partial charge in [0.15, 0.2) is 0 Å². The molecule has 2 unspecified atom stereocenters. The van der Waals surface area contributed by atoms with E-state index >= 15 is 0 Å². The molecule has 10 heavy (non-hydrogen) atoms. The van der Waals surface area contributed by atoms with Gasteiger partial charge < -0.3 is 9.84 Å². The third-order valence-corrected chi connectivity index (χ3v) is 1.43. The molecule has 0 aromatic carbocycles. The van der Waals surface area contributed by atoms with E-state index in [-0.39, 0.29) is 30.9 Å². The average molecular weight is 138 g/mol. The van der Waals surface area contributed by atoms with Gasteiger partial charge >= 0.3 is 24.8 Å². The van der Waals surface area contributed by atoms with Crippen LogP contribution in [0.25, 0.3) is 0 Å². The molecule has 1 aliphatic rings. The van der Waals surface area contributed by atoms with Gasteiger partial charge in [-0.15, -0.1) is 0 Å². The second kappa shape index (κ2) is 4.02. The van der Waals surface area contributed by atoms with Crippen molar-refractivity contribution in [3.8, 4) is 0 Å². The van der Waals surface area contributed by atoms with Crippen LogP contribution < -0.4 is 0 Å². The van der Waals surface area contributed by atoms with Crippen LogP contribution in [0.3, 0.4) is 0 Å². The predicted molar refractivity (Wildman–Crippen MR) is 38.3 cm³/mol. The van der Waals surface area contributed by atoms with E-state index in [0.717, 1.165) is 0 Å². The Bertz CT molecular complexity index is 126. The summed E-state index contributed by atoms with van der Waals surface area (Å²) < 4.78 is 5.05. The van der Waals surface area contributed by atoms with Gasteiger partial charge in [-0.05, 0) is 13.3 Å². The third-order valence-electron chi connectivity index (χ3n) is 1.43. The number of hydrogen-bond acceptors (Lipinski definition) is 2. The molecule has 4 heteroatoms. The first-order chi connectivity index (χ1) is 4.25. The molecule has 0 saturated heterocycles. The van der Waals surface area contributed by atoms with E-state index in [1.54, 1.807) is 0 Å². The molecule has 0 aromatic heterocycles. The molecule has 1 N–H and O–H groups in total. The number of aliphatic carboxylic acids is 1. The van der Waals surface area contributed by atoms with Crippen molar-refractivity contribution in [3.05, 3.63) is 0 Å². The summed E-state index contributed by atoms with van der Waals surface area (Å²) in [7, 11) is 0. The Morgan fingerprint density at radius 1 is 1.80 bits per heavy atom. The van der Waals surface area contributed by atoms with Crippen LogP contribution in [0.15, 0.2) is 0 Å². The number of carbonyl (C=O) groups is 1. The SMILES string of the molecule is CCOC1CC1C(=O)O.[LiH]. The van der Waals surface area contributed by atoms with Crippen molar-refractivity contribution in [1.29, 1.82) is 0 Å². The zero-order chi connectivity index (χ0) is 6.85. The van der Waals surface area contributed by atoms with Gasteiger partial charge in [0.25, 0.3) is 0 Å². The molecule has 0 spiro atoms. The van der Waals surface area contributed by atoms with Crippen LogP contribution in [-0.2, 0) is 9.53 Å². The molecule has 0 heterocycles. The van der Waals surface area contributed by atoms with Crippen LogP contribution >= 0.6 is 0 Å². The number of carboxylic acids is 1. The van der Waals surface area contributed by atoms with E-state index < -0.39 is 5.97 Å². The van der Waals surface area contributed by atoms with Crippen molar-refractivity contribution in [1.82, 2.24) is 0 Å². The zero-order valence-electron chi connectivity index (χ0n) is 5.33. The molecule has 1 fully saturated rings. The maximum atomic E-state index is 10.2. The van der Waals surface area contributed by atoms with Crippen LogP contribution in [0.1, 0.15) is 13.3 Å². The van der Waals surface area contributed by atoms with E-state index in [1.165, 1.54) is 0 Å². The van der Waals surface area contributed by atoms with Crippen molar-refractivity contribution in [3.63, 3.8) is 0 Å². The number of rotatable bonds is 3. The molecule has 1 rings (SSSR count). The van der Waals surface area contributed by atoms with E-state index in [1.807, 2.05) is 6.92 Å². The van der Waals surface area contributed by atoms with Gasteiger partial charge in [-0.3, -0.25) is 4.79 Å². The molecule has 0 amide bonds. The first-order valence-corrected chi connectivity index (χ1v) is 3.10. The predicted octanol–water partition coefficient (Wildman–Crippen LogP) is -0.153. The van der Waals surface area contributed by atoms with Crippen molar-refractivity contribution in [2.24, 2.45) is 5.92 Å². The first kappa shape index (κ1) is 10.0. The number of ether oxygens (including phenoxy) is 1. The Hall–Kier alpha value is 0.0274. The van der Waals surface area contributed by atoms with Crippen LogP contribution in [0.2, 0.25) is 0 Å². The number of carboxylic acid groups (broad SMARTS) is 1. The maximum absolute atomic E-state index is 10.2. The molecule has 54 valence electrons. The summed E-state index contributed by atoms with van der Waals surface area (Å²) in [6.45, 7) is 2.49. The van der Waals surface area contributed by atoms with Crippen LogP contribution in [0, 0.1) is 5.92 Å². The zero-order valence-corrected chi connectivity index (χ0v) is 5.33. The van der Waals surface area contributed by atoms with Crippen LogP contribution in [0.5, 0.6) is 0 Å². The van der Waals surface area contributed by atoms with Crippen LogP contribution in [-0.4, -0.2) is 42.6 Å². The fourth-order valence-electron chi connectivity index (χ4n) is 0.830. The molecular weight excluding hydrogens is 127 g/mol. The van der Waals surface area contributed by atoms with Gasteiger partial charge in [0, 0.05) is 6.61 Å². The van der Waals surface area contributed by atoms with Gasteiger partial charge in [-0.2, -0.15) is 0 Å². The fourth-order valence-corrected chi connectivity index (χ4v) is 0.830. The van der Waals surface area contributed by atoms with Crippen molar-refractivity contribution >= 4 is 24.8 Å². The molecule has 1 aliphatic carbocycles. The second-order valence-electron chi connectivity index (χ2n) is 2.17. The van der Waals surface area contributed by atoms with Gasteiger partial charge in [0.1, 0.15) is 0 Å². The van der Waals surface area contributed by atoms with E-state index in [2.05, 4.69) is 0 Å². The summed E-state index contributed by atoms with van der Waals surface area (Å²) in [6, 6.07) is 0. The molecule has 0 radical (unpaired) electrons. The van der Waals surface area contributed by atoms with Crippen molar-refractivity contribution < 1.29 is 14.6 Å². The van der Waals surface area contributed by atoms with Gasteiger partial charge in [-0.25, -0.2) is 0 Å². The topological polar surface area (TPSA) is 46.5 Å². The normalized spacial score (nSPS) is 28.9.